The summed E-state index contributed by atoms with van der Waals surface area (Å²) in [6.07, 6.45) is 0. The Morgan fingerprint density at radius 1 is 0.867 bits per heavy atom. The van der Waals surface area contributed by atoms with E-state index < -0.39 is 11.8 Å². The number of fused-ring (bicyclic) bond motifs is 1. The lowest BCUT2D eigenvalue weighted by atomic mass is 10.0. The Bertz CT molecular complexity index is 1050. The summed E-state index contributed by atoms with van der Waals surface area (Å²) in [4.78, 5) is 24.0. The van der Waals surface area contributed by atoms with Gasteiger partial charge in [0.05, 0.1) is 0 Å². The first kappa shape index (κ1) is 21.6. The number of hydrazine groups is 1. The van der Waals surface area contributed by atoms with Gasteiger partial charge in [-0.05, 0) is 41.1 Å². The van der Waals surface area contributed by atoms with Crippen LogP contribution in [0.15, 0.2) is 65.1 Å². The highest BCUT2D eigenvalue weighted by atomic mass is 79.9. The molecule has 0 atom stereocenters. The summed E-state index contributed by atoms with van der Waals surface area (Å²) in [6.45, 7) is 3.65. The largest absolute Gasteiger partial charge is 0.483 e. The van der Waals surface area contributed by atoms with Gasteiger partial charge in [0.25, 0.3) is 11.8 Å². The number of rotatable bonds is 7. The minimum Gasteiger partial charge on any atom is -0.483 e. The maximum Gasteiger partial charge on any atom is 0.276 e. The van der Waals surface area contributed by atoms with Crippen molar-refractivity contribution in [2.24, 2.45) is 0 Å². The lowest BCUT2D eigenvalue weighted by Gasteiger charge is -2.15. The van der Waals surface area contributed by atoms with Gasteiger partial charge in [-0.1, -0.05) is 66.2 Å². The van der Waals surface area contributed by atoms with E-state index in [-0.39, 0.29) is 19.1 Å². The fourth-order valence-electron chi connectivity index (χ4n) is 2.92. The Balaban J connectivity index is 1.46. The molecule has 3 rings (SSSR count). The predicted octanol–water partition coefficient (Wildman–Crippen LogP) is 4.33. The van der Waals surface area contributed by atoms with Crippen molar-refractivity contribution in [3.05, 3.63) is 70.7 Å². The third kappa shape index (κ3) is 5.73. The molecule has 0 aliphatic heterocycles. The number of amides is 2. The van der Waals surface area contributed by atoms with E-state index in [1.165, 1.54) is 0 Å². The molecular weight excluding hydrogens is 448 g/mol. The fourth-order valence-corrected chi connectivity index (χ4v) is 3.30. The third-order valence-corrected chi connectivity index (χ3v) is 4.90. The second kappa shape index (κ2) is 10.1. The van der Waals surface area contributed by atoms with E-state index in [4.69, 9.17) is 9.47 Å². The van der Waals surface area contributed by atoms with Crippen LogP contribution in [0.25, 0.3) is 10.8 Å². The number of nitrogens with one attached hydrogen (secondary N) is 2. The first-order valence-electron chi connectivity index (χ1n) is 9.54. The fraction of sp³-hybridized carbons (Fsp3) is 0.217. The summed E-state index contributed by atoms with van der Waals surface area (Å²) in [5.41, 5.74) is 5.66. The second-order valence-corrected chi connectivity index (χ2v) is 7.90. The average Bonchev–Trinajstić information content (AvgIpc) is 2.75. The summed E-state index contributed by atoms with van der Waals surface area (Å²) in [6, 6.07) is 19.0. The molecule has 0 fully saturated rings. The average molecular weight is 471 g/mol. The number of hydrogen-bond donors (Lipinski definition) is 2. The monoisotopic (exact) mass is 470 g/mol. The zero-order chi connectivity index (χ0) is 21.5. The van der Waals surface area contributed by atoms with E-state index in [9.17, 15) is 9.59 Å². The summed E-state index contributed by atoms with van der Waals surface area (Å²) in [5.74, 6) is 0.545. The summed E-state index contributed by atoms with van der Waals surface area (Å²) in [7, 11) is 0. The number of benzene rings is 3. The molecule has 156 valence electrons. The molecule has 0 heterocycles. The van der Waals surface area contributed by atoms with Crippen LogP contribution in [0.2, 0.25) is 0 Å². The van der Waals surface area contributed by atoms with Crippen molar-refractivity contribution >= 4 is 38.5 Å². The number of carbonyl (C=O) groups excluding carboxylic acids is 2. The maximum absolute atomic E-state index is 12.0. The van der Waals surface area contributed by atoms with E-state index in [1.807, 2.05) is 68.4 Å². The molecule has 0 unspecified atom stereocenters. The Morgan fingerprint density at radius 3 is 2.20 bits per heavy atom. The molecule has 30 heavy (non-hydrogen) atoms. The molecule has 2 amide bonds. The van der Waals surface area contributed by atoms with E-state index in [0.717, 1.165) is 20.8 Å². The minimum atomic E-state index is -0.470. The molecular formula is C23H23BrN2O4. The molecule has 2 N–H and O–H groups in total. The number of carbonyl (C=O) groups is 2. The predicted molar refractivity (Wildman–Crippen MR) is 119 cm³/mol. The van der Waals surface area contributed by atoms with Crippen LogP contribution in [0.1, 0.15) is 25.3 Å². The van der Waals surface area contributed by atoms with E-state index in [0.29, 0.717) is 11.5 Å². The van der Waals surface area contributed by atoms with Crippen LogP contribution in [0, 0.1) is 0 Å². The van der Waals surface area contributed by atoms with Crippen LogP contribution >= 0.6 is 15.9 Å². The van der Waals surface area contributed by atoms with E-state index in [1.54, 1.807) is 6.07 Å². The SMILES string of the molecule is CC(C)c1cc(Br)ccc1OCC(=O)NNC(=O)COc1cccc2ccccc12. The summed E-state index contributed by atoms with van der Waals surface area (Å²) < 4.78 is 12.2. The zero-order valence-electron chi connectivity index (χ0n) is 16.8. The smallest absolute Gasteiger partial charge is 0.276 e. The Kier molecular flexibility index (Phi) is 7.30. The van der Waals surface area contributed by atoms with Crippen molar-refractivity contribution in [2.45, 2.75) is 19.8 Å². The number of hydrogen-bond acceptors (Lipinski definition) is 4. The quantitative estimate of drug-likeness (QED) is 0.503. The molecule has 0 saturated carbocycles. The first-order valence-corrected chi connectivity index (χ1v) is 10.3. The van der Waals surface area contributed by atoms with Crippen molar-refractivity contribution in [1.82, 2.24) is 10.9 Å². The Labute approximate surface area is 183 Å². The number of halogens is 1. The molecule has 0 aliphatic rings. The molecule has 3 aromatic carbocycles. The lowest BCUT2D eigenvalue weighted by Crippen LogP contribution is -2.45. The van der Waals surface area contributed by atoms with Crippen LogP contribution in [0.4, 0.5) is 0 Å². The van der Waals surface area contributed by atoms with Crippen molar-refractivity contribution in [1.29, 1.82) is 0 Å². The highest BCUT2D eigenvalue weighted by Gasteiger charge is 2.12. The van der Waals surface area contributed by atoms with Crippen LogP contribution in [-0.4, -0.2) is 25.0 Å². The van der Waals surface area contributed by atoms with Crippen molar-refractivity contribution in [3.63, 3.8) is 0 Å². The van der Waals surface area contributed by atoms with Crippen molar-refractivity contribution in [3.8, 4) is 11.5 Å². The molecule has 3 aromatic rings. The standard InChI is InChI=1S/C23H23BrN2O4/c1-15(2)19-12-17(24)10-11-21(19)30-14-23(28)26-25-22(27)13-29-20-9-5-7-16-6-3-4-8-18(16)20/h3-12,15H,13-14H2,1-2H3,(H,25,27)(H,26,28). The Morgan fingerprint density at radius 2 is 1.50 bits per heavy atom. The summed E-state index contributed by atoms with van der Waals surface area (Å²) in [5, 5.41) is 1.94. The van der Waals surface area contributed by atoms with Crippen LogP contribution in [-0.2, 0) is 9.59 Å². The first-order chi connectivity index (χ1) is 14.4. The topological polar surface area (TPSA) is 76.7 Å². The molecule has 0 radical (unpaired) electrons. The van der Waals surface area contributed by atoms with Gasteiger partial charge in [0.1, 0.15) is 11.5 Å². The van der Waals surface area contributed by atoms with Gasteiger partial charge in [-0.3, -0.25) is 20.4 Å². The molecule has 7 heteroatoms. The number of ether oxygens (including phenoxy) is 2. The van der Waals surface area contributed by atoms with Gasteiger partial charge in [-0.2, -0.15) is 0 Å². The second-order valence-electron chi connectivity index (χ2n) is 6.99. The highest BCUT2D eigenvalue weighted by Crippen LogP contribution is 2.29. The summed E-state index contributed by atoms with van der Waals surface area (Å²) >= 11 is 3.44. The van der Waals surface area contributed by atoms with Gasteiger partial charge in [0, 0.05) is 9.86 Å². The van der Waals surface area contributed by atoms with Crippen LogP contribution in [0.3, 0.4) is 0 Å². The normalized spacial score (nSPS) is 10.7. The molecule has 6 nitrogen and oxygen atoms in total. The molecule has 0 aromatic heterocycles. The third-order valence-electron chi connectivity index (χ3n) is 4.40. The van der Waals surface area contributed by atoms with Gasteiger partial charge in [-0.15, -0.1) is 0 Å². The molecule has 0 spiro atoms. The van der Waals surface area contributed by atoms with Gasteiger partial charge in [0.2, 0.25) is 0 Å². The zero-order valence-corrected chi connectivity index (χ0v) is 18.4. The van der Waals surface area contributed by atoms with Crippen LogP contribution < -0.4 is 20.3 Å². The maximum atomic E-state index is 12.0. The van der Waals surface area contributed by atoms with Crippen molar-refractivity contribution < 1.29 is 19.1 Å². The molecule has 0 bridgehead atoms. The van der Waals surface area contributed by atoms with Crippen molar-refractivity contribution in [2.75, 3.05) is 13.2 Å². The Hall–Kier alpha value is -3.06. The van der Waals surface area contributed by atoms with Gasteiger partial charge in [0.15, 0.2) is 13.2 Å². The van der Waals surface area contributed by atoms with Crippen LogP contribution in [0.5, 0.6) is 11.5 Å². The van der Waals surface area contributed by atoms with Gasteiger partial charge < -0.3 is 9.47 Å². The lowest BCUT2D eigenvalue weighted by molar-refractivity contribution is -0.131. The van der Waals surface area contributed by atoms with Gasteiger partial charge in [-0.25, -0.2) is 0 Å². The van der Waals surface area contributed by atoms with Gasteiger partial charge >= 0.3 is 0 Å². The molecule has 0 saturated heterocycles. The molecule has 0 aliphatic carbocycles. The van der Waals surface area contributed by atoms with E-state index in [2.05, 4.69) is 26.8 Å². The minimum absolute atomic E-state index is 0.216. The highest BCUT2D eigenvalue weighted by molar-refractivity contribution is 9.10. The van der Waals surface area contributed by atoms with E-state index >= 15 is 0 Å².